The molecule has 0 saturated heterocycles. The van der Waals surface area contributed by atoms with Gasteiger partial charge >= 0.3 is 0 Å². The topological polar surface area (TPSA) is 72.2 Å². The molecule has 6 heteroatoms. The summed E-state index contributed by atoms with van der Waals surface area (Å²) in [6, 6.07) is 2.88. The van der Waals surface area contributed by atoms with Crippen LogP contribution >= 0.6 is 11.6 Å². The van der Waals surface area contributed by atoms with Gasteiger partial charge in [0.2, 0.25) is 10.0 Å². The molecular formula is C10H13ClN2O2S. The number of nitrogen functional groups attached to an aromatic ring is 1. The zero-order valence-electron chi connectivity index (χ0n) is 8.83. The van der Waals surface area contributed by atoms with Crippen molar-refractivity contribution in [1.82, 2.24) is 4.72 Å². The van der Waals surface area contributed by atoms with Gasteiger partial charge in [-0.3, -0.25) is 0 Å². The third kappa shape index (κ3) is 2.75. The summed E-state index contributed by atoms with van der Waals surface area (Å²) in [5.74, 6) is 0. The molecule has 1 rings (SSSR count). The number of benzene rings is 1. The van der Waals surface area contributed by atoms with Crippen LogP contribution in [0.2, 0.25) is 5.02 Å². The Morgan fingerprint density at radius 1 is 1.56 bits per heavy atom. The van der Waals surface area contributed by atoms with Crippen molar-refractivity contribution in [2.45, 2.75) is 11.8 Å². The first-order valence-corrected chi connectivity index (χ1v) is 6.41. The fourth-order valence-corrected chi connectivity index (χ4v) is 2.68. The van der Waals surface area contributed by atoms with Crippen molar-refractivity contribution in [2.75, 3.05) is 12.3 Å². The van der Waals surface area contributed by atoms with Crippen molar-refractivity contribution in [3.63, 3.8) is 0 Å². The van der Waals surface area contributed by atoms with Crippen molar-refractivity contribution >= 4 is 27.3 Å². The highest BCUT2D eigenvalue weighted by molar-refractivity contribution is 7.89. The minimum absolute atomic E-state index is 0.135. The average molecular weight is 261 g/mol. The highest BCUT2D eigenvalue weighted by Crippen LogP contribution is 2.25. The van der Waals surface area contributed by atoms with E-state index in [0.717, 1.165) is 0 Å². The lowest BCUT2D eigenvalue weighted by atomic mass is 10.2. The molecule has 0 aliphatic rings. The average Bonchev–Trinajstić information content (AvgIpc) is 2.20. The Morgan fingerprint density at radius 3 is 2.75 bits per heavy atom. The van der Waals surface area contributed by atoms with Gasteiger partial charge in [-0.05, 0) is 24.6 Å². The summed E-state index contributed by atoms with van der Waals surface area (Å²) >= 11 is 5.78. The molecule has 0 aliphatic heterocycles. The molecule has 4 nitrogen and oxygen atoms in total. The van der Waals surface area contributed by atoms with Crippen LogP contribution in [0.1, 0.15) is 5.56 Å². The quantitative estimate of drug-likeness (QED) is 0.639. The molecule has 0 amide bonds. The lowest BCUT2D eigenvalue weighted by Gasteiger charge is -2.09. The number of rotatable bonds is 4. The standard InChI is InChI=1S/C10H13ClN2O2S/c1-3-4-13-16(14,15)10-6-9(12)8(11)5-7(10)2/h3,5-6,13H,1,4,12H2,2H3. The molecule has 0 aliphatic carbocycles. The first-order valence-electron chi connectivity index (χ1n) is 4.54. The summed E-state index contributed by atoms with van der Waals surface area (Å²) in [7, 11) is -3.55. The molecule has 0 heterocycles. The van der Waals surface area contributed by atoms with E-state index in [1.54, 1.807) is 6.92 Å². The van der Waals surface area contributed by atoms with Gasteiger partial charge in [-0.1, -0.05) is 17.7 Å². The van der Waals surface area contributed by atoms with Crippen molar-refractivity contribution in [2.24, 2.45) is 0 Å². The van der Waals surface area contributed by atoms with Crippen molar-refractivity contribution in [3.8, 4) is 0 Å². The zero-order chi connectivity index (χ0) is 12.3. The SMILES string of the molecule is C=CCNS(=O)(=O)c1cc(N)c(Cl)cc1C. The molecule has 3 N–H and O–H groups in total. The minimum Gasteiger partial charge on any atom is -0.397 e. The van der Waals surface area contributed by atoms with Crippen LogP contribution in [0.4, 0.5) is 5.69 Å². The number of aryl methyl sites for hydroxylation is 1. The first kappa shape index (κ1) is 13.0. The fourth-order valence-electron chi connectivity index (χ4n) is 1.20. The van der Waals surface area contributed by atoms with Crippen LogP contribution in [0.15, 0.2) is 29.7 Å². The molecule has 0 bridgehead atoms. The summed E-state index contributed by atoms with van der Waals surface area (Å²) in [5.41, 5.74) is 6.36. The number of hydrogen-bond acceptors (Lipinski definition) is 3. The van der Waals surface area contributed by atoms with Crippen LogP contribution in [-0.4, -0.2) is 15.0 Å². The Kier molecular flexibility index (Phi) is 3.96. The second-order valence-corrected chi connectivity index (χ2v) is 5.42. The normalized spacial score (nSPS) is 11.4. The lowest BCUT2D eigenvalue weighted by Crippen LogP contribution is -2.24. The number of halogens is 1. The van der Waals surface area contributed by atoms with Gasteiger partial charge in [-0.25, -0.2) is 13.1 Å². The Labute approximate surface area is 100 Å². The zero-order valence-corrected chi connectivity index (χ0v) is 10.4. The second kappa shape index (κ2) is 4.86. The van der Waals surface area contributed by atoms with Crippen LogP contribution in [0, 0.1) is 6.92 Å². The van der Waals surface area contributed by atoms with Gasteiger partial charge in [0.05, 0.1) is 15.6 Å². The van der Waals surface area contributed by atoms with Crippen LogP contribution in [0.3, 0.4) is 0 Å². The maximum absolute atomic E-state index is 11.8. The molecule has 0 radical (unpaired) electrons. The largest absolute Gasteiger partial charge is 0.397 e. The van der Waals surface area contributed by atoms with E-state index in [0.29, 0.717) is 10.6 Å². The molecule has 1 aromatic rings. The van der Waals surface area contributed by atoms with Crippen LogP contribution in [-0.2, 0) is 10.0 Å². The molecule has 0 fully saturated rings. The summed E-state index contributed by atoms with van der Waals surface area (Å²) < 4.78 is 26.0. The third-order valence-corrected chi connectivity index (χ3v) is 3.89. The predicted molar refractivity (Wildman–Crippen MR) is 66.0 cm³/mol. The van der Waals surface area contributed by atoms with E-state index in [9.17, 15) is 8.42 Å². The Hall–Kier alpha value is -1.04. The summed E-state index contributed by atoms with van der Waals surface area (Å²) in [4.78, 5) is 0.135. The van der Waals surface area contributed by atoms with Gasteiger partial charge in [0, 0.05) is 6.54 Å². The van der Waals surface area contributed by atoms with E-state index < -0.39 is 10.0 Å². The van der Waals surface area contributed by atoms with Gasteiger partial charge in [0.1, 0.15) is 0 Å². The third-order valence-electron chi connectivity index (χ3n) is 2.00. The monoisotopic (exact) mass is 260 g/mol. The van der Waals surface area contributed by atoms with E-state index in [2.05, 4.69) is 11.3 Å². The van der Waals surface area contributed by atoms with Gasteiger partial charge < -0.3 is 5.73 Å². The Morgan fingerprint density at radius 2 is 2.19 bits per heavy atom. The van der Waals surface area contributed by atoms with Crippen molar-refractivity contribution in [1.29, 1.82) is 0 Å². The van der Waals surface area contributed by atoms with E-state index in [4.69, 9.17) is 17.3 Å². The van der Waals surface area contributed by atoms with E-state index >= 15 is 0 Å². The number of sulfonamides is 1. The van der Waals surface area contributed by atoms with Gasteiger partial charge in [-0.2, -0.15) is 0 Å². The van der Waals surface area contributed by atoms with Crippen LogP contribution < -0.4 is 10.5 Å². The molecule has 0 atom stereocenters. The first-order chi connectivity index (χ1) is 7.38. The maximum Gasteiger partial charge on any atom is 0.241 e. The predicted octanol–water partition coefficient (Wildman–Crippen LogP) is 1.69. The van der Waals surface area contributed by atoms with Crippen LogP contribution in [0.5, 0.6) is 0 Å². The summed E-state index contributed by atoms with van der Waals surface area (Å²) in [5, 5.41) is 0.347. The molecule has 0 spiro atoms. The van der Waals surface area contributed by atoms with Crippen LogP contribution in [0.25, 0.3) is 0 Å². The molecular weight excluding hydrogens is 248 g/mol. The fraction of sp³-hybridized carbons (Fsp3) is 0.200. The van der Waals surface area contributed by atoms with Gasteiger partial charge in [0.25, 0.3) is 0 Å². The number of nitrogens with one attached hydrogen (secondary N) is 1. The lowest BCUT2D eigenvalue weighted by molar-refractivity contribution is 0.585. The van der Waals surface area contributed by atoms with Gasteiger partial charge in [-0.15, -0.1) is 6.58 Å². The van der Waals surface area contributed by atoms with Gasteiger partial charge in [0.15, 0.2) is 0 Å². The number of anilines is 1. The maximum atomic E-state index is 11.8. The number of nitrogens with two attached hydrogens (primary N) is 1. The summed E-state index contributed by atoms with van der Waals surface area (Å²) in [6.07, 6.45) is 1.46. The van der Waals surface area contributed by atoms with E-state index in [-0.39, 0.29) is 17.1 Å². The van der Waals surface area contributed by atoms with E-state index in [1.165, 1.54) is 18.2 Å². The van der Waals surface area contributed by atoms with E-state index in [1.807, 2.05) is 0 Å². The Bertz CT molecular complexity index is 512. The highest BCUT2D eigenvalue weighted by Gasteiger charge is 2.17. The molecule has 88 valence electrons. The highest BCUT2D eigenvalue weighted by atomic mass is 35.5. The van der Waals surface area contributed by atoms with Crippen molar-refractivity contribution in [3.05, 3.63) is 35.4 Å². The Balaban J connectivity index is 3.23. The molecule has 0 aromatic heterocycles. The molecule has 0 saturated carbocycles. The number of hydrogen-bond donors (Lipinski definition) is 2. The molecule has 0 unspecified atom stereocenters. The molecule has 16 heavy (non-hydrogen) atoms. The summed E-state index contributed by atoms with van der Waals surface area (Å²) in [6.45, 7) is 5.27. The second-order valence-electron chi connectivity index (χ2n) is 3.28. The minimum atomic E-state index is -3.55. The molecule has 1 aromatic carbocycles. The van der Waals surface area contributed by atoms with Crippen molar-refractivity contribution < 1.29 is 8.42 Å². The smallest absolute Gasteiger partial charge is 0.241 e.